The Labute approximate surface area is 65.8 Å². The van der Waals surface area contributed by atoms with Crippen LogP contribution in [0.3, 0.4) is 0 Å². The fourth-order valence-corrected chi connectivity index (χ4v) is 1.17. The van der Waals surface area contributed by atoms with Crippen molar-refractivity contribution in [1.82, 2.24) is 0 Å². The standard InChI is InChI=1S/C9H10O2/c1-2-4-8-9(5-3-1)11-7-6-10-8/h1-4H,5-7H2. The van der Waals surface area contributed by atoms with Gasteiger partial charge in [0.25, 0.3) is 0 Å². The molecule has 0 N–H and O–H groups in total. The lowest BCUT2D eigenvalue weighted by atomic mass is 10.3. The van der Waals surface area contributed by atoms with Crippen molar-refractivity contribution in [3.8, 4) is 0 Å². The van der Waals surface area contributed by atoms with Crippen molar-refractivity contribution in [3.05, 3.63) is 35.8 Å². The Bertz CT molecular complexity index is 236. The minimum Gasteiger partial charge on any atom is -0.490 e. The zero-order valence-electron chi connectivity index (χ0n) is 6.25. The fourth-order valence-electron chi connectivity index (χ4n) is 1.17. The third-order valence-electron chi connectivity index (χ3n) is 1.69. The summed E-state index contributed by atoms with van der Waals surface area (Å²) >= 11 is 0. The Morgan fingerprint density at radius 1 is 1.09 bits per heavy atom. The molecule has 0 aromatic heterocycles. The van der Waals surface area contributed by atoms with E-state index in [0.29, 0.717) is 13.2 Å². The van der Waals surface area contributed by atoms with Crippen LogP contribution in [0.25, 0.3) is 0 Å². The molecule has 0 amide bonds. The molecule has 2 aliphatic rings. The predicted molar refractivity (Wildman–Crippen MR) is 41.8 cm³/mol. The molecule has 0 saturated heterocycles. The van der Waals surface area contributed by atoms with E-state index in [1.165, 1.54) is 0 Å². The van der Waals surface area contributed by atoms with Crippen LogP contribution in [0.5, 0.6) is 0 Å². The minimum absolute atomic E-state index is 0.670. The maximum Gasteiger partial charge on any atom is 0.157 e. The molecule has 1 aliphatic carbocycles. The largest absolute Gasteiger partial charge is 0.490 e. The van der Waals surface area contributed by atoms with Crippen LogP contribution in [0.15, 0.2) is 35.8 Å². The molecule has 0 atom stereocenters. The van der Waals surface area contributed by atoms with Gasteiger partial charge in [0.15, 0.2) is 5.76 Å². The first kappa shape index (κ1) is 6.53. The smallest absolute Gasteiger partial charge is 0.157 e. The Morgan fingerprint density at radius 2 is 2.00 bits per heavy atom. The summed E-state index contributed by atoms with van der Waals surface area (Å²) in [7, 11) is 0. The van der Waals surface area contributed by atoms with Crippen molar-refractivity contribution >= 4 is 0 Å². The zero-order valence-corrected chi connectivity index (χ0v) is 6.25. The molecule has 0 unspecified atom stereocenters. The van der Waals surface area contributed by atoms with Gasteiger partial charge in [0.05, 0.1) is 0 Å². The van der Waals surface area contributed by atoms with Gasteiger partial charge in [-0.2, -0.15) is 0 Å². The summed E-state index contributed by atoms with van der Waals surface area (Å²) in [4.78, 5) is 0. The monoisotopic (exact) mass is 150 g/mol. The van der Waals surface area contributed by atoms with Crippen LogP contribution in [0, 0.1) is 0 Å². The minimum atomic E-state index is 0.670. The van der Waals surface area contributed by atoms with Crippen molar-refractivity contribution < 1.29 is 9.47 Å². The third kappa shape index (κ3) is 1.29. The Morgan fingerprint density at radius 3 is 3.00 bits per heavy atom. The topological polar surface area (TPSA) is 18.5 Å². The van der Waals surface area contributed by atoms with Crippen molar-refractivity contribution in [2.75, 3.05) is 13.2 Å². The molecule has 0 saturated carbocycles. The van der Waals surface area contributed by atoms with Gasteiger partial charge in [0, 0.05) is 6.42 Å². The molecular weight excluding hydrogens is 140 g/mol. The molecule has 2 nitrogen and oxygen atoms in total. The highest BCUT2D eigenvalue weighted by molar-refractivity contribution is 5.26. The van der Waals surface area contributed by atoms with E-state index in [1.54, 1.807) is 0 Å². The van der Waals surface area contributed by atoms with Crippen LogP contribution in [0.4, 0.5) is 0 Å². The average Bonchev–Trinajstić information content (AvgIpc) is 2.28. The molecule has 0 aromatic rings. The Balaban J connectivity index is 2.26. The zero-order chi connectivity index (χ0) is 7.52. The van der Waals surface area contributed by atoms with E-state index in [-0.39, 0.29) is 0 Å². The maximum atomic E-state index is 5.41. The highest BCUT2D eigenvalue weighted by atomic mass is 16.6. The van der Waals surface area contributed by atoms with E-state index < -0.39 is 0 Å². The lowest BCUT2D eigenvalue weighted by Crippen LogP contribution is -2.12. The summed E-state index contributed by atoms with van der Waals surface area (Å²) in [6, 6.07) is 0. The van der Waals surface area contributed by atoms with E-state index in [2.05, 4.69) is 6.08 Å². The van der Waals surface area contributed by atoms with E-state index in [0.717, 1.165) is 17.9 Å². The van der Waals surface area contributed by atoms with Crippen molar-refractivity contribution in [2.45, 2.75) is 6.42 Å². The molecule has 11 heavy (non-hydrogen) atoms. The Kier molecular flexibility index (Phi) is 1.68. The van der Waals surface area contributed by atoms with Crippen LogP contribution in [-0.4, -0.2) is 13.2 Å². The van der Waals surface area contributed by atoms with Crippen LogP contribution in [-0.2, 0) is 9.47 Å². The summed E-state index contributed by atoms with van der Waals surface area (Å²) in [6.07, 6.45) is 8.83. The fraction of sp³-hybridized carbons (Fsp3) is 0.333. The van der Waals surface area contributed by atoms with Gasteiger partial charge in [0.2, 0.25) is 0 Å². The Hall–Kier alpha value is -1.18. The summed E-state index contributed by atoms with van der Waals surface area (Å²) < 4.78 is 10.8. The molecule has 2 heteroatoms. The van der Waals surface area contributed by atoms with Crippen molar-refractivity contribution in [3.63, 3.8) is 0 Å². The summed E-state index contributed by atoms with van der Waals surface area (Å²) in [5.41, 5.74) is 0. The van der Waals surface area contributed by atoms with Crippen LogP contribution in [0.2, 0.25) is 0 Å². The molecule has 1 aliphatic heterocycles. The number of hydrogen-bond acceptors (Lipinski definition) is 2. The van der Waals surface area contributed by atoms with Gasteiger partial charge in [-0.1, -0.05) is 18.2 Å². The SMILES string of the molecule is C1=CCC2=C(C=C1)OCCO2. The molecule has 2 rings (SSSR count). The number of allylic oxidation sites excluding steroid dienone is 4. The van der Waals surface area contributed by atoms with Gasteiger partial charge in [0.1, 0.15) is 19.0 Å². The quantitative estimate of drug-likeness (QED) is 0.524. The average molecular weight is 150 g/mol. The summed E-state index contributed by atoms with van der Waals surface area (Å²) in [5, 5.41) is 0. The second kappa shape index (κ2) is 2.82. The van der Waals surface area contributed by atoms with Crippen molar-refractivity contribution in [1.29, 1.82) is 0 Å². The highest BCUT2D eigenvalue weighted by Gasteiger charge is 2.12. The van der Waals surface area contributed by atoms with Gasteiger partial charge in [-0.3, -0.25) is 0 Å². The van der Waals surface area contributed by atoms with Crippen LogP contribution >= 0.6 is 0 Å². The first-order valence-corrected chi connectivity index (χ1v) is 3.79. The normalized spacial score (nSPS) is 21.8. The predicted octanol–water partition coefficient (Wildman–Crippen LogP) is 1.76. The molecule has 0 spiro atoms. The van der Waals surface area contributed by atoms with Crippen LogP contribution < -0.4 is 0 Å². The number of rotatable bonds is 0. The highest BCUT2D eigenvalue weighted by Crippen LogP contribution is 2.20. The first-order valence-electron chi connectivity index (χ1n) is 3.79. The van der Waals surface area contributed by atoms with Gasteiger partial charge in [-0.05, 0) is 6.08 Å². The van der Waals surface area contributed by atoms with E-state index in [1.807, 2.05) is 18.2 Å². The van der Waals surface area contributed by atoms with Gasteiger partial charge in [-0.25, -0.2) is 0 Å². The number of ether oxygens (including phenoxy) is 2. The van der Waals surface area contributed by atoms with Gasteiger partial charge >= 0.3 is 0 Å². The van der Waals surface area contributed by atoms with Gasteiger partial charge < -0.3 is 9.47 Å². The first-order chi connectivity index (χ1) is 5.47. The molecule has 1 heterocycles. The van der Waals surface area contributed by atoms with Crippen LogP contribution in [0.1, 0.15) is 6.42 Å². The molecule has 0 aromatic carbocycles. The van der Waals surface area contributed by atoms with E-state index >= 15 is 0 Å². The summed E-state index contributed by atoms with van der Waals surface area (Å²) in [5.74, 6) is 1.85. The molecule has 0 bridgehead atoms. The molecular formula is C9H10O2. The third-order valence-corrected chi connectivity index (χ3v) is 1.69. The van der Waals surface area contributed by atoms with E-state index in [9.17, 15) is 0 Å². The van der Waals surface area contributed by atoms with Crippen molar-refractivity contribution in [2.24, 2.45) is 0 Å². The lowest BCUT2D eigenvalue weighted by Gasteiger charge is -2.18. The lowest BCUT2D eigenvalue weighted by molar-refractivity contribution is 0.0675. The number of hydrogen-bond donors (Lipinski definition) is 0. The van der Waals surface area contributed by atoms with Gasteiger partial charge in [-0.15, -0.1) is 0 Å². The molecule has 58 valence electrons. The van der Waals surface area contributed by atoms with E-state index in [4.69, 9.17) is 9.47 Å². The second-order valence-electron chi connectivity index (χ2n) is 2.48. The maximum absolute atomic E-state index is 5.41. The summed E-state index contributed by atoms with van der Waals surface area (Å²) in [6.45, 7) is 1.35. The second-order valence-corrected chi connectivity index (χ2v) is 2.48. The molecule has 0 radical (unpaired) electrons. The molecule has 0 fully saturated rings.